The summed E-state index contributed by atoms with van der Waals surface area (Å²) < 4.78 is 0. The van der Waals surface area contributed by atoms with Crippen molar-refractivity contribution in [3.8, 4) is 0 Å². The maximum Gasteiger partial charge on any atom is 0.230 e. The number of rotatable bonds is 3. The molecule has 1 heterocycles. The van der Waals surface area contributed by atoms with Crippen molar-refractivity contribution in [2.24, 2.45) is 0 Å². The smallest absolute Gasteiger partial charge is 0.230 e. The van der Waals surface area contributed by atoms with Gasteiger partial charge in [-0.1, -0.05) is 18.2 Å². The Hall–Kier alpha value is -1.82. The predicted molar refractivity (Wildman–Crippen MR) is 73.9 cm³/mol. The van der Waals surface area contributed by atoms with Gasteiger partial charge in [-0.15, -0.1) is 0 Å². The van der Waals surface area contributed by atoms with Crippen molar-refractivity contribution < 1.29 is 0 Å². The van der Waals surface area contributed by atoms with Crippen molar-refractivity contribution >= 4 is 23.7 Å². The van der Waals surface area contributed by atoms with Crippen molar-refractivity contribution in [2.75, 3.05) is 24.7 Å². The van der Waals surface area contributed by atoms with Gasteiger partial charge in [-0.25, -0.2) is 0 Å². The number of nitrogens with zero attached hydrogens (tertiary/aromatic N) is 4. The first kappa shape index (κ1) is 12.6. The Kier molecular flexibility index (Phi) is 3.66. The molecule has 0 aliphatic carbocycles. The molecule has 0 aliphatic heterocycles. The van der Waals surface area contributed by atoms with Crippen molar-refractivity contribution in [1.82, 2.24) is 15.0 Å². The molecule has 0 bridgehead atoms. The number of benzene rings is 1. The lowest BCUT2D eigenvalue weighted by atomic mass is 10.2. The van der Waals surface area contributed by atoms with Crippen LogP contribution in [0.3, 0.4) is 0 Å². The SMILES string of the molecule is Cc1ccccc1Sc1nc(N)nc(N(C)C)n1. The molecule has 18 heavy (non-hydrogen) atoms. The fraction of sp³-hybridized carbons (Fsp3) is 0.250. The average molecular weight is 261 g/mol. The van der Waals surface area contributed by atoms with Gasteiger partial charge in [-0.3, -0.25) is 0 Å². The zero-order valence-corrected chi connectivity index (χ0v) is 11.4. The summed E-state index contributed by atoms with van der Waals surface area (Å²) in [6.45, 7) is 2.06. The number of aryl methyl sites for hydroxylation is 1. The fourth-order valence-electron chi connectivity index (χ4n) is 1.38. The average Bonchev–Trinajstić information content (AvgIpc) is 2.31. The van der Waals surface area contributed by atoms with Gasteiger partial charge in [0.1, 0.15) is 0 Å². The summed E-state index contributed by atoms with van der Waals surface area (Å²) in [5.74, 6) is 0.809. The molecule has 0 amide bonds. The van der Waals surface area contributed by atoms with Crippen LogP contribution in [0.25, 0.3) is 0 Å². The van der Waals surface area contributed by atoms with Gasteiger partial charge in [0.2, 0.25) is 11.9 Å². The summed E-state index contributed by atoms with van der Waals surface area (Å²) in [5, 5.41) is 0.612. The van der Waals surface area contributed by atoms with Crippen LogP contribution in [0.4, 0.5) is 11.9 Å². The summed E-state index contributed by atoms with van der Waals surface area (Å²) in [4.78, 5) is 15.5. The minimum atomic E-state index is 0.241. The quantitative estimate of drug-likeness (QED) is 0.911. The maximum atomic E-state index is 5.69. The standard InChI is InChI=1S/C12H15N5S/c1-8-6-4-5-7-9(8)18-12-15-10(13)14-11(16-12)17(2)3/h4-7H,1-3H3,(H2,13,14,15,16). The van der Waals surface area contributed by atoms with Crippen LogP contribution in [0.5, 0.6) is 0 Å². The molecule has 0 spiro atoms. The molecule has 2 rings (SSSR count). The summed E-state index contributed by atoms with van der Waals surface area (Å²) >= 11 is 1.49. The minimum absolute atomic E-state index is 0.241. The number of nitrogens with two attached hydrogens (primary N) is 1. The molecular formula is C12H15N5S. The van der Waals surface area contributed by atoms with Crippen molar-refractivity contribution in [3.05, 3.63) is 29.8 Å². The molecular weight excluding hydrogens is 246 g/mol. The highest BCUT2D eigenvalue weighted by molar-refractivity contribution is 7.99. The monoisotopic (exact) mass is 261 g/mol. The molecule has 0 saturated heterocycles. The van der Waals surface area contributed by atoms with Gasteiger partial charge >= 0.3 is 0 Å². The molecule has 6 heteroatoms. The van der Waals surface area contributed by atoms with E-state index < -0.39 is 0 Å². The fourth-order valence-corrected chi connectivity index (χ4v) is 2.21. The van der Waals surface area contributed by atoms with E-state index >= 15 is 0 Å². The lowest BCUT2D eigenvalue weighted by Crippen LogP contribution is -2.15. The van der Waals surface area contributed by atoms with Crippen LogP contribution >= 0.6 is 11.8 Å². The number of aromatic nitrogens is 3. The molecule has 5 nitrogen and oxygen atoms in total. The van der Waals surface area contributed by atoms with E-state index in [1.807, 2.05) is 32.3 Å². The molecule has 94 valence electrons. The highest BCUT2D eigenvalue weighted by Gasteiger charge is 2.08. The second-order valence-corrected chi connectivity index (χ2v) is 5.05. The Morgan fingerprint density at radius 2 is 1.83 bits per heavy atom. The third-order valence-electron chi connectivity index (χ3n) is 2.32. The van der Waals surface area contributed by atoms with Gasteiger partial charge in [0, 0.05) is 19.0 Å². The second-order valence-electron chi connectivity index (χ2n) is 4.04. The van der Waals surface area contributed by atoms with Gasteiger partial charge in [0.05, 0.1) is 0 Å². The molecule has 2 N–H and O–H groups in total. The number of hydrogen-bond acceptors (Lipinski definition) is 6. The Balaban J connectivity index is 2.32. The zero-order valence-electron chi connectivity index (χ0n) is 10.6. The van der Waals surface area contributed by atoms with Crippen LogP contribution < -0.4 is 10.6 Å². The first-order valence-electron chi connectivity index (χ1n) is 5.48. The van der Waals surface area contributed by atoms with Gasteiger partial charge in [0.15, 0.2) is 5.16 Å². The van der Waals surface area contributed by atoms with Gasteiger partial charge in [-0.05, 0) is 30.3 Å². The highest BCUT2D eigenvalue weighted by Crippen LogP contribution is 2.28. The molecule has 0 unspecified atom stereocenters. The van der Waals surface area contributed by atoms with E-state index in [9.17, 15) is 0 Å². The summed E-state index contributed by atoms with van der Waals surface area (Å²) in [6.07, 6.45) is 0. The Bertz CT molecular complexity index is 556. The van der Waals surface area contributed by atoms with E-state index in [-0.39, 0.29) is 5.95 Å². The Morgan fingerprint density at radius 3 is 2.50 bits per heavy atom. The first-order chi connectivity index (χ1) is 8.56. The predicted octanol–water partition coefficient (Wildman–Crippen LogP) is 1.98. The molecule has 0 radical (unpaired) electrons. The summed E-state index contributed by atoms with van der Waals surface area (Å²) in [7, 11) is 3.74. The molecule has 0 atom stereocenters. The molecule has 0 aliphatic rings. The van der Waals surface area contributed by atoms with Crippen LogP contribution in [0, 0.1) is 6.92 Å². The van der Waals surface area contributed by atoms with Crippen LogP contribution in [0.15, 0.2) is 34.3 Å². The summed E-state index contributed by atoms with van der Waals surface area (Å²) in [5.41, 5.74) is 6.87. The first-order valence-corrected chi connectivity index (χ1v) is 6.30. The van der Waals surface area contributed by atoms with Crippen molar-refractivity contribution in [1.29, 1.82) is 0 Å². The number of nitrogen functional groups attached to an aromatic ring is 1. The topological polar surface area (TPSA) is 67.9 Å². The van der Waals surface area contributed by atoms with Crippen LogP contribution in [-0.2, 0) is 0 Å². The second kappa shape index (κ2) is 5.22. The molecule has 2 aromatic rings. The van der Waals surface area contributed by atoms with Crippen molar-refractivity contribution in [2.45, 2.75) is 17.0 Å². The largest absolute Gasteiger partial charge is 0.368 e. The number of hydrogen-bond donors (Lipinski definition) is 1. The third kappa shape index (κ3) is 2.89. The van der Waals surface area contributed by atoms with Crippen LogP contribution in [-0.4, -0.2) is 29.0 Å². The van der Waals surface area contributed by atoms with Crippen LogP contribution in [0.2, 0.25) is 0 Å². The van der Waals surface area contributed by atoms with Gasteiger partial charge in [0.25, 0.3) is 0 Å². The van der Waals surface area contributed by atoms with Gasteiger partial charge < -0.3 is 10.6 Å². The molecule has 1 aromatic carbocycles. The summed E-state index contributed by atoms with van der Waals surface area (Å²) in [6, 6.07) is 8.09. The van der Waals surface area contributed by atoms with E-state index in [0.717, 1.165) is 4.90 Å². The van der Waals surface area contributed by atoms with Crippen molar-refractivity contribution in [3.63, 3.8) is 0 Å². The lowest BCUT2D eigenvalue weighted by molar-refractivity contribution is 0.875. The third-order valence-corrected chi connectivity index (χ3v) is 3.36. The van der Waals surface area contributed by atoms with E-state index in [0.29, 0.717) is 11.1 Å². The Labute approximate surface area is 110 Å². The van der Waals surface area contributed by atoms with E-state index in [1.165, 1.54) is 17.3 Å². The normalized spacial score (nSPS) is 10.4. The number of anilines is 2. The molecule has 0 saturated carbocycles. The minimum Gasteiger partial charge on any atom is -0.368 e. The molecule has 0 fully saturated rings. The zero-order chi connectivity index (χ0) is 13.1. The highest BCUT2D eigenvalue weighted by atomic mass is 32.2. The molecule has 1 aromatic heterocycles. The van der Waals surface area contributed by atoms with E-state index in [1.54, 1.807) is 4.90 Å². The van der Waals surface area contributed by atoms with Gasteiger partial charge in [-0.2, -0.15) is 15.0 Å². The Morgan fingerprint density at radius 1 is 1.11 bits per heavy atom. The van der Waals surface area contributed by atoms with E-state index in [4.69, 9.17) is 5.73 Å². The lowest BCUT2D eigenvalue weighted by Gasteiger charge is -2.11. The maximum absolute atomic E-state index is 5.69. The van der Waals surface area contributed by atoms with E-state index in [2.05, 4.69) is 27.9 Å². The van der Waals surface area contributed by atoms with Crippen LogP contribution in [0.1, 0.15) is 5.56 Å².